The molecule has 1 aliphatic rings. The van der Waals surface area contributed by atoms with Crippen LogP contribution in [0.4, 0.5) is 0 Å². The minimum Gasteiger partial charge on any atom is -0.360 e. The molecule has 0 unspecified atom stereocenters. The zero-order chi connectivity index (χ0) is 17.2. The highest BCUT2D eigenvalue weighted by Crippen LogP contribution is 2.24. The molecule has 0 aromatic carbocycles. The lowest BCUT2D eigenvalue weighted by Gasteiger charge is -2.35. The molecule has 1 saturated heterocycles. The standard InChI is InChI=1S/C15H25N3O4S/c1-5-13(6-2)15(19)17-7-9-18(10-8-17)23(20,21)14-11(3)16-22-12(14)4/h13H,5-10H2,1-4H3. The van der Waals surface area contributed by atoms with Gasteiger partial charge in [0.2, 0.25) is 15.9 Å². The van der Waals surface area contributed by atoms with E-state index in [0.717, 1.165) is 12.8 Å². The molecule has 130 valence electrons. The number of carbonyl (C=O) groups is 1. The Labute approximate surface area is 137 Å². The second-order valence-corrected chi connectivity index (χ2v) is 7.77. The van der Waals surface area contributed by atoms with Gasteiger partial charge < -0.3 is 9.42 Å². The molecule has 1 aliphatic heterocycles. The molecular formula is C15H25N3O4S. The molecule has 1 aromatic heterocycles. The van der Waals surface area contributed by atoms with Crippen LogP contribution in [0.25, 0.3) is 0 Å². The molecular weight excluding hydrogens is 318 g/mol. The Morgan fingerprint density at radius 3 is 2.17 bits per heavy atom. The van der Waals surface area contributed by atoms with Gasteiger partial charge in [0.25, 0.3) is 0 Å². The van der Waals surface area contributed by atoms with Crippen molar-refractivity contribution < 1.29 is 17.7 Å². The number of amides is 1. The highest BCUT2D eigenvalue weighted by Gasteiger charge is 2.34. The van der Waals surface area contributed by atoms with Crippen LogP contribution in [-0.2, 0) is 14.8 Å². The Hall–Kier alpha value is -1.41. The lowest BCUT2D eigenvalue weighted by Crippen LogP contribution is -2.51. The summed E-state index contributed by atoms with van der Waals surface area (Å²) in [6.07, 6.45) is 1.62. The number of carbonyl (C=O) groups excluding carboxylic acids is 1. The first-order valence-corrected chi connectivity index (χ1v) is 9.48. The zero-order valence-corrected chi connectivity index (χ0v) is 15.0. The summed E-state index contributed by atoms with van der Waals surface area (Å²) in [5, 5.41) is 3.72. The first kappa shape index (κ1) is 17.9. The number of aryl methyl sites for hydroxylation is 2. The Morgan fingerprint density at radius 2 is 1.74 bits per heavy atom. The van der Waals surface area contributed by atoms with Crippen LogP contribution in [0.2, 0.25) is 0 Å². The van der Waals surface area contributed by atoms with Gasteiger partial charge >= 0.3 is 0 Å². The van der Waals surface area contributed by atoms with Gasteiger partial charge in [0.1, 0.15) is 10.6 Å². The van der Waals surface area contributed by atoms with Gasteiger partial charge in [0, 0.05) is 32.1 Å². The normalized spacial score (nSPS) is 17.0. The third-order valence-corrected chi connectivity index (χ3v) is 6.59. The Bertz CT molecular complexity index is 637. The molecule has 0 atom stereocenters. The fourth-order valence-electron chi connectivity index (χ4n) is 3.02. The molecule has 0 bridgehead atoms. The summed E-state index contributed by atoms with van der Waals surface area (Å²) < 4.78 is 31.9. The first-order chi connectivity index (χ1) is 10.8. The molecule has 0 spiro atoms. The van der Waals surface area contributed by atoms with E-state index in [1.54, 1.807) is 18.7 Å². The van der Waals surface area contributed by atoms with Gasteiger partial charge in [-0.15, -0.1) is 0 Å². The van der Waals surface area contributed by atoms with Gasteiger partial charge in [-0.3, -0.25) is 4.79 Å². The van der Waals surface area contributed by atoms with Crippen LogP contribution in [0.3, 0.4) is 0 Å². The summed E-state index contributed by atoms with van der Waals surface area (Å²) >= 11 is 0. The van der Waals surface area contributed by atoms with Crippen LogP contribution in [0.15, 0.2) is 9.42 Å². The predicted molar refractivity (Wildman–Crippen MR) is 85.4 cm³/mol. The van der Waals surface area contributed by atoms with E-state index in [-0.39, 0.29) is 16.7 Å². The second kappa shape index (κ2) is 7.00. The Balaban J connectivity index is 2.09. The molecule has 0 N–H and O–H groups in total. The monoisotopic (exact) mass is 343 g/mol. The maximum absolute atomic E-state index is 12.7. The van der Waals surface area contributed by atoms with E-state index < -0.39 is 10.0 Å². The van der Waals surface area contributed by atoms with E-state index in [4.69, 9.17) is 4.52 Å². The van der Waals surface area contributed by atoms with E-state index in [9.17, 15) is 13.2 Å². The van der Waals surface area contributed by atoms with Crippen molar-refractivity contribution in [3.63, 3.8) is 0 Å². The van der Waals surface area contributed by atoms with Crippen LogP contribution in [0, 0.1) is 19.8 Å². The van der Waals surface area contributed by atoms with E-state index >= 15 is 0 Å². The molecule has 1 amide bonds. The average Bonchev–Trinajstić information content (AvgIpc) is 2.88. The Morgan fingerprint density at radius 1 is 1.17 bits per heavy atom. The van der Waals surface area contributed by atoms with Crippen molar-refractivity contribution in [2.45, 2.75) is 45.4 Å². The maximum Gasteiger partial charge on any atom is 0.248 e. The highest BCUT2D eigenvalue weighted by atomic mass is 32.2. The summed E-state index contributed by atoms with van der Waals surface area (Å²) in [6.45, 7) is 8.69. The van der Waals surface area contributed by atoms with Gasteiger partial charge in [0.15, 0.2) is 5.76 Å². The van der Waals surface area contributed by atoms with Gasteiger partial charge in [-0.25, -0.2) is 8.42 Å². The fourth-order valence-corrected chi connectivity index (χ4v) is 4.73. The molecule has 2 rings (SSSR count). The molecule has 7 nitrogen and oxygen atoms in total. The lowest BCUT2D eigenvalue weighted by atomic mass is 10.0. The summed E-state index contributed by atoms with van der Waals surface area (Å²) in [5.41, 5.74) is 0.373. The molecule has 2 heterocycles. The van der Waals surface area contributed by atoms with Crippen molar-refractivity contribution in [3.05, 3.63) is 11.5 Å². The molecule has 1 aromatic rings. The number of hydrogen-bond acceptors (Lipinski definition) is 5. The van der Waals surface area contributed by atoms with Crippen LogP contribution in [-0.4, -0.2) is 54.9 Å². The van der Waals surface area contributed by atoms with Crippen LogP contribution < -0.4 is 0 Å². The Kier molecular flexibility index (Phi) is 5.46. The smallest absolute Gasteiger partial charge is 0.248 e. The second-order valence-electron chi connectivity index (χ2n) is 5.90. The van der Waals surface area contributed by atoms with Gasteiger partial charge in [0.05, 0.1) is 0 Å². The fraction of sp³-hybridized carbons (Fsp3) is 0.733. The summed E-state index contributed by atoms with van der Waals surface area (Å²) in [5.74, 6) is 0.461. The third-order valence-electron chi connectivity index (χ3n) is 4.45. The number of nitrogens with zero attached hydrogens (tertiary/aromatic N) is 3. The van der Waals surface area contributed by atoms with Gasteiger partial charge in [-0.1, -0.05) is 19.0 Å². The molecule has 0 aliphatic carbocycles. The third kappa shape index (κ3) is 3.42. The number of hydrogen-bond donors (Lipinski definition) is 0. The van der Waals surface area contributed by atoms with Crippen molar-refractivity contribution >= 4 is 15.9 Å². The predicted octanol–water partition coefficient (Wildman–Crippen LogP) is 1.56. The van der Waals surface area contributed by atoms with Crippen molar-refractivity contribution in [3.8, 4) is 0 Å². The number of rotatable bonds is 5. The highest BCUT2D eigenvalue weighted by molar-refractivity contribution is 7.89. The quantitative estimate of drug-likeness (QED) is 0.810. The average molecular weight is 343 g/mol. The van der Waals surface area contributed by atoms with Crippen LogP contribution in [0.5, 0.6) is 0 Å². The number of sulfonamides is 1. The topological polar surface area (TPSA) is 83.7 Å². The van der Waals surface area contributed by atoms with E-state index in [1.165, 1.54) is 4.31 Å². The van der Waals surface area contributed by atoms with Gasteiger partial charge in [-0.2, -0.15) is 4.31 Å². The molecule has 8 heteroatoms. The largest absolute Gasteiger partial charge is 0.360 e. The lowest BCUT2D eigenvalue weighted by molar-refractivity contribution is -0.136. The maximum atomic E-state index is 12.7. The SMILES string of the molecule is CCC(CC)C(=O)N1CCN(S(=O)(=O)c2c(C)noc2C)CC1. The number of piperazine rings is 1. The number of aromatic nitrogens is 1. The molecule has 0 radical (unpaired) electrons. The van der Waals surface area contributed by atoms with Crippen LogP contribution in [0.1, 0.15) is 38.1 Å². The van der Waals surface area contributed by atoms with Crippen LogP contribution >= 0.6 is 0 Å². The molecule has 23 heavy (non-hydrogen) atoms. The van der Waals surface area contributed by atoms with E-state index in [2.05, 4.69) is 5.16 Å². The van der Waals surface area contributed by atoms with E-state index in [0.29, 0.717) is 37.6 Å². The molecule has 0 saturated carbocycles. The summed E-state index contributed by atoms with van der Waals surface area (Å²) in [7, 11) is -3.62. The first-order valence-electron chi connectivity index (χ1n) is 8.04. The van der Waals surface area contributed by atoms with Gasteiger partial charge in [-0.05, 0) is 26.7 Å². The van der Waals surface area contributed by atoms with E-state index in [1.807, 2.05) is 13.8 Å². The van der Waals surface area contributed by atoms with Crippen molar-refractivity contribution in [1.29, 1.82) is 0 Å². The minimum atomic E-state index is -3.62. The molecule has 1 fully saturated rings. The minimum absolute atomic E-state index is 0.0284. The summed E-state index contributed by atoms with van der Waals surface area (Å²) in [6, 6.07) is 0. The van der Waals surface area contributed by atoms with Crippen molar-refractivity contribution in [1.82, 2.24) is 14.4 Å². The zero-order valence-electron chi connectivity index (χ0n) is 14.2. The van der Waals surface area contributed by atoms with Crippen molar-refractivity contribution in [2.75, 3.05) is 26.2 Å². The van der Waals surface area contributed by atoms with Crippen molar-refractivity contribution in [2.24, 2.45) is 5.92 Å². The summed E-state index contributed by atoms with van der Waals surface area (Å²) in [4.78, 5) is 14.3.